The van der Waals surface area contributed by atoms with Gasteiger partial charge in [-0.3, -0.25) is 24.1 Å². The first kappa shape index (κ1) is 21.2. The van der Waals surface area contributed by atoms with Gasteiger partial charge in [-0.15, -0.1) is 0 Å². The SMILES string of the molecule is Cc1cccn2cc(-c3ccc(NC(=O)C(=O)N[C@H]4CC(=O)N(C(C)C)C4=O)cc3)nc12. The molecule has 1 atom stereocenters. The summed E-state index contributed by atoms with van der Waals surface area (Å²) in [6.45, 7) is 5.42. The lowest BCUT2D eigenvalue weighted by atomic mass is 10.1. The van der Waals surface area contributed by atoms with Gasteiger partial charge in [0.1, 0.15) is 11.7 Å². The highest BCUT2D eigenvalue weighted by atomic mass is 16.2. The summed E-state index contributed by atoms with van der Waals surface area (Å²) in [4.78, 5) is 54.5. The topological polar surface area (TPSA) is 113 Å². The Kier molecular flexibility index (Phi) is 5.48. The summed E-state index contributed by atoms with van der Waals surface area (Å²) in [5.41, 5.74) is 4.00. The molecule has 2 N–H and O–H groups in total. The van der Waals surface area contributed by atoms with Crippen LogP contribution in [0.2, 0.25) is 0 Å². The van der Waals surface area contributed by atoms with E-state index in [9.17, 15) is 19.2 Å². The number of hydrogen-bond acceptors (Lipinski definition) is 5. The molecule has 9 nitrogen and oxygen atoms in total. The minimum atomic E-state index is -1.02. The van der Waals surface area contributed by atoms with Crippen LogP contribution in [-0.4, -0.2) is 50.0 Å². The molecule has 1 aliphatic rings. The van der Waals surface area contributed by atoms with Crippen LogP contribution in [0.15, 0.2) is 48.8 Å². The molecule has 9 heteroatoms. The molecule has 0 radical (unpaired) electrons. The van der Waals surface area contributed by atoms with Gasteiger partial charge in [-0.05, 0) is 44.5 Å². The molecular weight excluding hydrogens is 410 g/mol. The van der Waals surface area contributed by atoms with Crippen molar-refractivity contribution in [1.29, 1.82) is 0 Å². The average molecular weight is 433 g/mol. The first-order valence-electron chi connectivity index (χ1n) is 10.3. The van der Waals surface area contributed by atoms with Crippen LogP contribution >= 0.6 is 0 Å². The number of aryl methyl sites for hydroxylation is 1. The molecule has 164 valence electrons. The molecular formula is C23H23N5O4. The number of hydrogen-bond donors (Lipinski definition) is 2. The number of nitrogens with one attached hydrogen (secondary N) is 2. The number of benzene rings is 1. The highest BCUT2D eigenvalue weighted by molar-refractivity contribution is 6.40. The summed E-state index contributed by atoms with van der Waals surface area (Å²) < 4.78 is 1.94. The number of amides is 4. The van der Waals surface area contributed by atoms with Gasteiger partial charge in [0.15, 0.2) is 0 Å². The molecule has 0 bridgehead atoms. The molecule has 0 aliphatic carbocycles. The van der Waals surface area contributed by atoms with E-state index in [1.54, 1.807) is 38.1 Å². The molecule has 3 heterocycles. The van der Waals surface area contributed by atoms with Crippen molar-refractivity contribution in [2.45, 2.75) is 39.3 Å². The first-order chi connectivity index (χ1) is 15.2. The lowest BCUT2D eigenvalue weighted by Crippen LogP contribution is -2.47. The summed E-state index contributed by atoms with van der Waals surface area (Å²) >= 11 is 0. The molecule has 0 spiro atoms. The van der Waals surface area contributed by atoms with E-state index in [0.29, 0.717) is 5.69 Å². The maximum absolute atomic E-state index is 12.3. The molecule has 2 aromatic heterocycles. The molecule has 3 aromatic rings. The molecule has 1 fully saturated rings. The number of carbonyl (C=O) groups is 4. The average Bonchev–Trinajstić information content (AvgIpc) is 3.30. The predicted octanol–water partition coefficient (Wildman–Crippen LogP) is 1.90. The van der Waals surface area contributed by atoms with Crippen molar-refractivity contribution in [3.63, 3.8) is 0 Å². The zero-order chi connectivity index (χ0) is 23.0. The molecule has 32 heavy (non-hydrogen) atoms. The second kappa shape index (κ2) is 8.26. The Bertz CT molecular complexity index is 1230. The van der Waals surface area contributed by atoms with Crippen LogP contribution in [0.3, 0.4) is 0 Å². The van der Waals surface area contributed by atoms with Crippen LogP contribution in [0.5, 0.6) is 0 Å². The second-order valence-electron chi connectivity index (χ2n) is 8.01. The Hall–Kier alpha value is -4.01. The number of imide groups is 1. The van der Waals surface area contributed by atoms with Crippen molar-refractivity contribution in [2.75, 3.05) is 5.32 Å². The predicted molar refractivity (Wildman–Crippen MR) is 118 cm³/mol. The van der Waals surface area contributed by atoms with Gasteiger partial charge in [0.2, 0.25) is 5.91 Å². The zero-order valence-electron chi connectivity index (χ0n) is 18.0. The van der Waals surface area contributed by atoms with E-state index in [4.69, 9.17) is 0 Å². The van der Waals surface area contributed by atoms with Crippen LogP contribution in [0.4, 0.5) is 5.69 Å². The van der Waals surface area contributed by atoms with E-state index in [2.05, 4.69) is 15.6 Å². The number of aromatic nitrogens is 2. The molecule has 0 saturated carbocycles. The molecule has 4 rings (SSSR count). The van der Waals surface area contributed by atoms with Crippen LogP contribution in [0.25, 0.3) is 16.9 Å². The number of nitrogens with zero attached hydrogens (tertiary/aromatic N) is 3. The van der Waals surface area contributed by atoms with E-state index in [1.165, 1.54) is 0 Å². The minimum absolute atomic E-state index is 0.150. The Morgan fingerprint density at radius 2 is 1.81 bits per heavy atom. The normalized spacial score (nSPS) is 16.1. The van der Waals surface area contributed by atoms with Crippen LogP contribution < -0.4 is 10.6 Å². The number of carbonyl (C=O) groups excluding carboxylic acids is 4. The van der Waals surface area contributed by atoms with Gasteiger partial charge in [-0.25, -0.2) is 4.98 Å². The van der Waals surface area contributed by atoms with Crippen LogP contribution in [0.1, 0.15) is 25.8 Å². The number of pyridine rings is 1. The van der Waals surface area contributed by atoms with Gasteiger partial charge in [0.05, 0.1) is 12.1 Å². The number of rotatable bonds is 4. The number of anilines is 1. The molecule has 4 amide bonds. The van der Waals surface area contributed by atoms with E-state index in [-0.39, 0.29) is 18.4 Å². The van der Waals surface area contributed by atoms with Gasteiger partial charge < -0.3 is 15.0 Å². The lowest BCUT2D eigenvalue weighted by Gasteiger charge is -2.19. The fraction of sp³-hybridized carbons (Fsp3) is 0.261. The third-order valence-electron chi connectivity index (χ3n) is 5.33. The van der Waals surface area contributed by atoms with E-state index in [0.717, 1.165) is 27.4 Å². The quantitative estimate of drug-likeness (QED) is 0.482. The molecule has 1 aromatic carbocycles. The van der Waals surface area contributed by atoms with Crippen molar-refractivity contribution in [3.8, 4) is 11.3 Å². The highest BCUT2D eigenvalue weighted by Gasteiger charge is 2.41. The fourth-order valence-electron chi connectivity index (χ4n) is 3.74. The highest BCUT2D eigenvalue weighted by Crippen LogP contribution is 2.22. The van der Waals surface area contributed by atoms with Gasteiger partial charge in [-0.2, -0.15) is 0 Å². The number of imidazole rings is 1. The monoisotopic (exact) mass is 433 g/mol. The van der Waals surface area contributed by atoms with Crippen molar-refractivity contribution < 1.29 is 19.2 Å². The standard InChI is InChI=1S/C23H23N5O4/c1-13(2)28-19(29)11-17(23(28)32)26-22(31)21(30)24-16-8-6-15(7-9-16)18-12-27-10-4-5-14(3)20(27)25-18/h4-10,12-13,17H,11H2,1-3H3,(H,24,30)(H,26,31)/t17-/m0/s1. The summed E-state index contributed by atoms with van der Waals surface area (Å²) in [6, 6.07) is 9.54. The molecule has 0 unspecified atom stereocenters. The number of fused-ring (bicyclic) bond motifs is 1. The maximum Gasteiger partial charge on any atom is 0.313 e. The van der Waals surface area contributed by atoms with Crippen molar-refractivity contribution in [1.82, 2.24) is 19.6 Å². The Morgan fingerprint density at radius 3 is 2.44 bits per heavy atom. The first-order valence-corrected chi connectivity index (χ1v) is 10.3. The Balaban J connectivity index is 1.40. The zero-order valence-corrected chi connectivity index (χ0v) is 18.0. The second-order valence-corrected chi connectivity index (χ2v) is 8.01. The third kappa shape index (κ3) is 3.96. The molecule has 1 aliphatic heterocycles. The van der Waals surface area contributed by atoms with E-state index < -0.39 is 23.8 Å². The summed E-state index contributed by atoms with van der Waals surface area (Å²) in [5, 5.41) is 4.85. The summed E-state index contributed by atoms with van der Waals surface area (Å²) in [7, 11) is 0. The largest absolute Gasteiger partial charge is 0.335 e. The van der Waals surface area contributed by atoms with Crippen LogP contribution in [0, 0.1) is 6.92 Å². The number of likely N-dealkylation sites (tertiary alicyclic amines) is 1. The minimum Gasteiger partial charge on any atom is -0.335 e. The van der Waals surface area contributed by atoms with Crippen LogP contribution in [-0.2, 0) is 19.2 Å². The Labute approximate surface area is 184 Å². The lowest BCUT2D eigenvalue weighted by molar-refractivity contribution is -0.142. The van der Waals surface area contributed by atoms with Crippen molar-refractivity contribution >= 4 is 35.0 Å². The van der Waals surface area contributed by atoms with Gasteiger partial charge in [0, 0.05) is 29.7 Å². The third-order valence-corrected chi connectivity index (χ3v) is 5.33. The van der Waals surface area contributed by atoms with Crippen molar-refractivity contribution in [2.24, 2.45) is 0 Å². The van der Waals surface area contributed by atoms with Gasteiger partial charge >= 0.3 is 11.8 Å². The van der Waals surface area contributed by atoms with Gasteiger partial charge in [0.25, 0.3) is 5.91 Å². The Morgan fingerprint density at radius 1 is 1.09 bits per heavy atom. The molecule has 1 saturated heterocycles. The van der Waals surface area contributed by atoms with Gasteiger partial charge in [-0.1, -0.05) is 18.2 Å². The maximum atomic E-state index is 12.3. The summed E-state index contributed by atoms with van der Waals surface area (Å²) in [6.07, 6.45) is 3.70. The fourth-order valence-corrected chi connectivity index (χ4v) is 3.74. The van der Waals surface area contributed by atoms with E-state index in [1.807, 2.05) is 35.9 Å². The van der Waals surface area contributed by atoms with Crippen molar-refractivity contribution in [3.05, 3.63) is 54.4 Å². The summed E-state index contributed by atoms with van der Waals surface area (Å²) in [5.74, 6) is -2.75. The smallest absolute Gasteiger partial charge is 0.313 e. The van der Waals surface area contributed by atoms with E-state index >= 15 is 0 Å².